The number of nitrogen functional groups attached to an aromatic ring is 1. The van der Waals surface area contributed by atoms with Gasteiger partial charge in [-0.15, -0.1) is 0 Å². The summed E-state index contributed by atoms with van der Waals surface area (Å²) in [5.74, 6) is -0.0104. The number of anilines is 1. The van der Waals surface area contributed by atoms with E-state index in [1.54, 1.807) is 0 Å². The molecule has 0 bridgehead atoms. The summed E-state index contributed by atoms with van der Waals surface area (Å²) in [6.45, 7) is 0.813. The molecule has 0 radical (unpaired) electrons. The predicted octanol–water partition coefficient (Wildman–Crippen LogP) is -0.437. The number of nitrogens with two attached hydrogens (primary N) is 1. The first-order chi connectivity index (χ1) is 9.50. The van der Waals surface area contributed by atoms with E-state index >= 15 is 0 Å². The molecule has 7 nitrogen and oxygen atoms in total. The Bertz CT molecular complexity index is 629. The number of pyridine rings is 1. The van der Waals surface area contributed by atoms with Crippen molar-refractivity contribution in [3.8, 4) is 0 Å². The van der Waals surface area contributed by atoms with Crippen molar-refractivity contribution in [2.75, 3.05) is 18.8 Å². The third-order valence-electron chi connectivity index (χ3n) is 3.92. The smallest absolute Gasteiger partial charge is 0.244 e. The van der Waals surface area contributed by atoms with Crippen molar-refractivity contribution in [2.24, 2.45) is 5.92 Å². The van der Waals surface area contributed by atoms with Gasteiger partial charge in [-0.1, -0.05) is 0 Å². The summed E-state index contributed by atoms with van der Waals surface area (Å²) >= 11 is 0. The Morgan fingerprint density at radius 1 is 1.40 bits per heavy atom. The Balaban J connectivity index is 1.94. The van der Waals surface area contributed by atoms with Gasteiger partial charge in [-0.3, -0.25) is 4.79 Å². The molecule has 0 aliphatic carbocycles. The van der Waals surface area contributed by atoms with Crippen LogP contribution in [0.2, 0.25) is 0 Å². The molecular formula is C12H16N4O3S. The summed E-state index contributed by atoms with van der Waals surface area (Å²) in [4.78, 5) is 15.6. The van der Waals surface area contributed by atoms with Gasteiger partial charge in [0.15, 0.2) is 0 Å². The van der Waals surface area contributed by atoms with Gasteiger partial charge in [-0.05, 0) is 25.0 Å². The predicted molar refractivity (Wildman–Crippen MR) is 72.1 cm³/mol. The second-order valence-corrected chi connectivity index (χ2v) is 6.99. The third kappa shape index (κ3) is 2.04. The number of hydrogen-bond acceptors (Lipinski definition) is 5. The van der Waals surface area contributed by atoms with Crippen molar-refractivity contribution in [3.63, 3.8) is 0 Å². The van der Waals surface area contributed by atoms with Crippen molar-refractivity contribution < 1.29 is 13.2 Å². The van der Waals surface area contributed by atoms with E-state index in [2.05, 4.69) is 10.3 Å². The molecule has 1 amide bonds. The number of carbonyl (C=O) groups excluding carboxylic acids is 1. The molecule has 2 atom stereocenters. The van der Waals surface area contributed by atoms with E-state index in [1.165, 1.54) is 22.6 Å². The maximum Gasteiger partial charge on any atom is 0.244 e. The summed E-state index contributed by atoms with van der Waals surface area (Å²) in [6, 6.07) is 2.62. The molecule has 3 rings (SSSR count). The first kappa shape index (κ1) is 13.3. The molecule has 0 aromatic carbocycles. The lowest BCUT2D eigenvalue weighted by molar-refractivity contribution is -0.123. The van der Waals surface area contributed by atoms with Gasteiger partial charge in [0.1, 0.15) is 10.7 Å². The number of rotatable bonds is 2. The van der Waals surface area contributed by atoms with Gasteiger partial charge in [0, 0.05) is 19.3 Å². The van der Waals surface area contributed by atoms with Crippen LogP contribution in [0.4, 0.5) is 5.82 Å². The van der Waals surface area contributed by atoms with E-state index in [4.69, 9.17) is 5.73 Å². The molecule has 0 spiro atoms. The van der Waals surface area contributed by atoms with Gasteiger partial charge in [0.05, 0.1) is 12.0 Å². The molecule has 1 aromatic heterocycles. The lowest BCUT2D eigenvalue weighted by Gasteiger charge is -2.34. The van der Waals surface area contributed by atoms with E-state index in [0.717, 1.165) is 6.42 Å². The number of aromatic nitrogens is 1. The average Bonchev–Trinajstić information content (AvgIpc) is 2.81. The Kier molecular flexibility index (Phi) is 3.14. The highest BCUT2D eigenvalue weighted by molar-refractivity contribution is 7.89. The molecular weight excluding hydrogens is 280 g/mol. The largest absolute Gasteiger partial charge is 0.384 e. The fourth-order valence-corrected chi connectivity index (χ4v) is 4.53. The van der Waals surface area contributed by atoms with Crippen molar-refractivity contribution in [3.05, 3.63) is 18.3 Å². The minimum atomic E-state index is -3.63. The number of sulfonamides is 1. The molecule has 2 unspecified atom stereocenters. The van der Waals surface area contributed by atoms with Gasteiger partial charge in [-0.25, -0.2) is 13.4 Å². The number of carbonyl (C=O) groups is 1. The first-order valence-electron chi connectivity index (χ1n) is 6.51. The van der Waals surface area contributed by atoms with Crippen molar-refractivity contribution in [1.82, 2.24) is 14.6 Å². The maximum absolute atomic E-state index is 12.7. The fraction of sp³-hybridized carbons (Fsp3) is 0.500. The van der Waals surface area contributed by atoms with Crippen LogP contribution in [0.15, 0.2) is 23.2 Å². The van der Waals surface area contributed by atoms with Crippen LogP contribution in [0.25, 0.3) is 0 Å². The number of hydrogen-bond donors (Lipinski definition) is 2. The second kappa shape index (κ2) is 4.71. The lowest BCUT2D eigenvalue weighted by atomic mass is 9.93. The molecule has 1 aromatic rings. The Hall–Kier alpha value is -1.67. The molecule has 3 heterocycles. The zero-order chi connectivity index (χ0) is 14.3. The van der Waals surface area contributed by atoms with Crippen LogP contribution in [0.1, 0.15) is 12.8 Å². The molecule has 108 valence electrons. The topological polar surface area (TPSA) is 105 Å². The summed E-state index contributed by atoms with van der Waals surface area (Å²) in [6.07, 6.45) is 2.69. The van der Waals surface area contributed by atoms with E-state index in [0.29, 0.717) is 19.5 Å². The highest BCUT2D eigenvalue weighted by Crippen LogP contribution is 2.31. The minimum Gasteiger partial charge on any atom is -0.384 e. The van der Waals surface area contributed by atoms with Crippen LogP contribution in [0.5, 0.6) is 0 Å². The monoisotopic (exact) mass is 296 g/mol. The van der Waals surface area contributed by atoms with Crippen LogP contribution in [0.3, 0.4) is 0 Å². The summed E-state index contributed by atoms with van der Waals surface area (Å²) in [5, 5.41) is 2.74. The molecule has 20 heavy (non-hydrogen) atoms. The Labute approximate surface area is 117 Å². The first-order valence-corrected chi connectivity index (χ1v) is 7.95. The van der Waals surface area contributed by atoms with Crippen LogP contribution < -0.4 is 11.1 Å². The van der Waals surface area contributed by atoms with E-state index in [-0.39, 0.29) is 28.6 Å². The molecule has 3 N–H and O–H groups in total. The van der Waals surface area contributed by atoms with Crippen LogP contribution in [0, 0.1) is 5.92 Å². The molecule has 8 heteroatoms. The van der Waals surface area contributed by atoms with Gasteiger partial charge in [0.25, 0.3) is 0 Å². The van der Waals surface area contributed by atoms with Crippen LogP contribution in [-0.2, 0) is 14.8 Å². The number of nitrogens with one attached hydrogen (secondary N) is 1. The zero-order valence-corrected chi connectivity index (χ0v) is 11.6. The van der Waals surface area contributed by atoms with E-state index in [1.807, 2.05) is 0 Å². The highest BCUT2D eigenvalue weighted by atomic mass is 32.2. The SMILES string of the molecule is Nc1ccc(S(=O)(=O)N2CCCC3C(=O)NCC32)cn1. The molecule has 2 aliphatic rings. The fourth-order valence-electron chi connectivity index (χ4n) is 2.89. The molecule has 2 fully saturated rings. The third-order valence-corrected chi connectivity index (χ3v) is 5.82. The Morgan fingerprint density at radius 2 is 2.20 bits per heavy atom. The zero-order valence-electron chi connectivity index (χ0n) is 10.8. The summed E-state index contributed by atoms with van der Waals surface area (Å²) in [5.41, 5.74) is 5.48. The molecule has 0 saturated carbocycles. The van der Waals surface area contributed by atoms with Crippen molar-refractivity contribution >= 4 is 21.7 Å². The number of fused-ring (bicyclic) bond motifs is 1. The highest BCUT2D eigenvalue weighted by Gasteiger charge is 2.45. The lowest BCUT2D eigenvalue weighted by Crippen LogP contribution is -2.48. The van der Waals surface area contributed by atoms with E-state index < -0.39 is 10.0 Å². The number of nitrogens with zero attached hydrogens (tertiary/aromatic N) is 2. The van der Waals surface area contributed by atoms with E-state index in [9.17, 15) is 13.2 Å². The minimum absolute atomic E-state index is 0.0506. The maximum atomic E-state index is 12.7. The van der Waals surface area contributed by atoms with Crippen molar-refractivity contribution in [1.29, 1.82) is 0 Å². The van der Waals surface area contributed by atoms with Crippen LogP contribution >= 0.6 is 0 Å². The summed E-state index contributed by atoms with van der Waals surface area (Å²) < 4.78 is 26.7. The molecule has 2 saturated heterocycles. The summed E-state index contributed by atoms with van der Waals surface area (Å²) in [7, 11) is -3.63. The van der Waals surface area contributed by atoms with Crippen molar-refractivity contribution in [2.45, 2.75) is 23.8 Å². The average molecular weight is 296 g/mol. The quantitative estimate of drug-likeness (QED) is 0.770. The second-order valence-electron chi connectivity index (χ2n) is 5.10. The normalized spacial score (nSPS) is 27.1. The van der Waals surface area contributed by atoms with Gasteiger partial charge in [-0.2, -0.15) is 4.31 Å². The molecule has 2 aliphatic heterocycles. The van der Waals surface area contributed by atoms with Gasteiger partial charge in [0.2, 0.25) is 15.9 Å². The number of amides is 1. The number of piperidine rings is 1. The van der Waals surface area contributed by atoms with Crippen LogP contribution in [-0.4, -0.2) is 42.7 Å². The standard InChI is InChI=1S/C12H16N4O3S/c13-11-4-3-8(6-14-11)20(18,19)16-5-1-2-9-10(16)7-15-12(9)17/h3-4,6,9-10H,1-2,5,7H2,(H2,13,14)(H,15,17). The van der Waals surface area contributed by atoms with Gasteiger partial charge >= 0.3 is 0 Å². The van der Waals surface area contributed by atoms with Gasteiger partial charge < -0.3 is 11.1 Å². The Morgan fingerprint density at radius 3 is 2.90 bits per heavy atom.